The second-order valence-corrected chi connectivity index (χ2v) is 3.78. The maximum Gasteiger partial charge on any atom is 1.00 e. The summed E-state index contributed by atoms with van der Waals surface area (Å²) in [4.78, 5) is 9.00. The molecule has 0 atom stereocenters. The minimum atomic E-state index is -3.83. The van der Waals surface area contributed by atoms with Gasteiger partial charge in [-0.25, -0.2) is 0 Å². The Morgan fingerprint density at radius 1 is 1.33 bits per heavy atom. The van der Waals surface area contributed by atoms with Crippen LogP contribution in [0, 0.1) is 0 Å². The predicted molar refractivity (Wildman–Crippen MR) is 43.8 cm³/mol. The van der Waals surface area contributed by atoms with Crippen molar-refractivity contribution in [3.63, 3.8) is 0 Å². The molecule has 0 aliphatic heterocycles. The SMILES string of the molecule is CC(=O)O.O=S(O)(O)=S.O=S([O-])[O-].[Na+].[Na+]. The van der Waals surface area contributed by atoms with Crippen LogP contribution in [0.2, 0.25) is 0 Å². The van der Waals surface area contributed by atoms with Gasteiger partial charge in [0, 0.05) is 18.1 Å². The molecule has 0 aliphatic carbocycles. The van der Waals surface area contributed by atoms with Gasteiger partial charge in [-0.1, -0.05) is 0 Å². The van der Waals surface area contributed by atoms with Crippen molar-refractivity contribution < 1.29 is 95.6 Å². The molecule has 0 amide bonds. The molecule has 8 nitrogen and oxygen atoms in total. The molecule has 0 fully saturated rings. The summed E-state index contributed by atoms with van der Waals surface area (Å²) < 4.78 is 49.3. The molecule has 0 heterocycles. The van der Waals surface area contributed by atoms with E-state index in [0.717, 1.165) is 6.92 Å². The van der Waals surface area contributed by atoms with Gasteiger partial charge >= 0.3 is 59.1 Å². The average molecular weight is 300 g/mol. The van der Waals surface area contributed by atoms with Crippen molar-refractivity contribution >= 4 is 37.6 Å². The van der Waals surface area contributed by atoms with E-state index in [2.05, 4.69) is 11.2 Å². The van der Waals surface area contributed by atoms with Crippen LogP contribution in [-0.2, 0) is 36.4 Å². The molecule has 3 N–H and O–H groups in total. The number of carboxylic acids is 1. The van der Waals surface area contributed by atoms with Crippen LogP contribution in [0.1, 0.15) is 6.92 Å². The van der Waals surface area contributed by atoms with Gasteiger partial charge in [-0.15, -0.1) is 11.4 Å². The summed E-state index contributed by atoms with van der Waals surface area (Å²) in [6.45, 7) is 1.08. The molecule has 0 bridgehead atoms. The summed E-state index contributed by atoms with van der Waals surface area (Å²) in [5.41, 5.74) is 0. The van der Waals surface area contributed by atoms with Gasteiger partial charge in [0.2, 0.25) is 0 Å². The number of aliphatic carboxylic acids is 1. The van der Waals surface area contributed by atoms with Gasteiger partial charge < -0.3 is 14.2 Å². The van der Waals surface area contributed by atoms with Crippen molar-refractivity contribution in [2.24, 2.45) is 0 Å². The Balaban J connectivity index is -0.0000000315. The van der Waals surface area contributed by atoms with Crippen LogP contribution >= 0.6 is 0 Å². The summed E-state index contributed by atoms with van der Waals surface area (Å²) in [6, 6.07) is 0. The molecule has 0 radical (unpaired) electrons. The summed E-state index contributed by atoms with van der Waals surface area (Å²) >= 11 is 0.354. The second-order valence-electron chi connectivity index (χ2n) is 1.17. The van der Waals surface area contributed by atoms with Crippen LogP contribution in [0.4, 0.5) is 0 Å². The zero-order chi connectivity index (χ0) is 11.7. The molecule has 0 aliphatic rings. The number of hydrogen-bond donors (Lipinski definition) is 3. The van der Waals surface area contributed by atoms with E-state index < -0.39 is 26.4 Å². The minimum absolute atomic E-state index is 0. The molecule has 0 aromatic rings. The topological polar surface area (TPSA) is 158 Å². The van der Waals surface area contributed by atoms with E-state index in [0.29, 0.717) is 0 Å². The van der Waals surface area contributed by atoms with Crippen molar-refractivity contribution in [3.05, 3.63) is 0 Å². The van der Waals surface area contributed by atoms with Crippen molar-refractivity contribution in [3.8, 4) is 0 Å². The van der Waals surface area contributed by atoms with Crippen LogP contribution < -0.4 is 59.1 Å². The van der Waals surface area contributed by atoms with Crippen LogP contribution in [0.15, 0.2) is 0 Å². The Labute approximate surface area is 138 Å². The Morgan fingerprint density at radius 2 is 1.33 bits per heavy atom. The smallest absolute Gasteiger partial charge is 0.784 e. The summed E-state index contributed by atoms with van der Waals surface area (Å²) in [5, 5.41) is 7.42. The van der Waals surface area contributed by atoms with E-state index >= 15 is 0 Å². The van der Waals surface area contributed by atoms with Crippen LogP contribution in [0.5, 0.6) is 0 Å². The second kappa shape index (κ2) is 18.2. The van der Waals surface area contributed by atoms with Gasteiger partial charge in [0.25, 0.3) is 15.0 Å². The average Bonchev–Trinajstić information content (AvgIpc) is 1.50. The Hall–Kier alpha value is 1.83. The van der Waals surface area contributed by atoms with Crippen molar-refractivity contribution in [1.82, 2.24) is 0 Å². The molecular formula is C2H6Na2O8S3. The van der Waals surface area contributed by atoms with Crippen molar-refractivity contribution in [1.29, 1.82) is 0 Å². The normalized spacial score (nSPS) is 7.87. The molecule has 0 spiro atoms. The summed E-state index contributed by atoms with van der Waals surface area (Å²) in [6.07, 6.45) is 0. The van der Waals surface area contributed by atoms with E-state index in [9.17, 15) is 0 Å². The van der Waals surface area contributed by atoms with Gasteiger partial charge in [-0.05, 0) is 0 Å². The third-order valence-electron chi connectivity index (χ3n) is 0. The van der Waals surface area contributed by atoms with Crippen molar-refractivity contribution in [2.75, 3.05) is 0 Å². The van der Waals surface area contributed by atoms with Gasteiger partial charge in [-0.2, -0.15) is 4.21 Å². The van der Waals surface area contributed by atoms with E-state index in [1.54, 1.807) is 0 Å². The molecule has 0 rings (SSSR count). The van der Waals surface area contributed by atoms with Crippen molar-refractivity contribution in [2.45, 2.75) is 6.92 Å². The number of rotatable bonds is 0. The predicted octanol–water partition coefficient (Wildman–Crippen LogP) is -7.23. The van der Waals surface area contributed by atoms with Gasteiger partial charge in [0.1, 0.15) is 0 Å². The quantitative estimate of drug-likeness (QED) is 0.292. The zero-order valence-electron chi connectivity index (χ0n) is 8.11. The molecule has 0 saturated heterocycles. The first kappa shape index (κ1) is 30.1. The van der Waals surface area contributed by atoms with E-state index in [-0.39, 0.29) is 59.1 Å². The molecule has 0 aromatic heterocycles. The Morgan fingerprint density at radius 3 is 1.33 bits per heavy atom. The molecule has 82 valence electrons. The molecule has 0 unspecified atom stereocenters. The zero-order valence-corrected chi connectivity index (χ0v) is 14.6. The Kier molecular flexibility index (Phi) is 36.6. The first-order valence-corrected chi connectivity index (χ1v) is 5.52. The van der Waals surface area contributed by atoms with E-state index in [4.69, 9.17) is 36.5 Å². The largest absolute Gasteiger partial charge is 1.00 e. The fraction of sp³-hybridized carbons (Fsp3) is 0.500. The van der Waals surface area contributed by atoms with Crippen LogP contribution in [0.25, 0.3) is 0 Å². The fourth-order valence-electron chi connectivity index (χ4n) is 0. The third-order valence-corrected chi connectivity index (χ3v) is 0. The molecule has 15 heavy (non-hydrogen) atoms. The van der Waals surface area contributed by atoms with Crippen LogP contribution in [-0.4, -0.2) is 37.7 Å². The number of carboxylic acid groups (broad SMARTS) is 1. The maximum atomic E-state index is 9.11. The molecular weight excluding hydrogens is 294 g/mol. The van der Waals surface area contributed by atoms with Crippen LogP contribution in [0.3, 0.4) is 0 Å². The van der Waals surface area contributed by atoms with E-state index in [1.165, 1.54) is 0 Å². The third kappa shape index (κ3) is 904. The molecule has 13 heteroatoms. The minimum Gasteiger partial charge on any atom is -0.784 e. The van der Waals surface area contributed by atoms with Gasteiger partial charge in [-0.3, -0.25) is 18.1 Å². The number of hydrogen-bond acceptors (Lipinski definition) is 6. The first-order valence-electron chi connectivity index (χ1n) is 2.13. The summed E-state index contributed by atoms with van der Waals surface area (Å²) in [7, 11) is -3.83. The maximum absolute atomic E-state index is 9.11. The number of carbonyl (C=O) groups is 1. The Bertz CT molecular complexity index is 221. The molecule has 0 aromatic carbocycles. The molecule has 0 saturated carbocycles. The first-order chi connectivity index (χ1) is 5.46. The van der Waals surface area contributed by atoms with Gasteiger partial charge in [0.15, 0.2) is 0 Å². The fourth-order valence-corrected chi connectivity index (χ4v) is 0. The standard InChI is InChI=1S/C2H4O2.2Na.H2O3S2.H2O3S/c1-2(3)4;;;1-5(2,3)4;1-4(2)3/h1H3,(H,3,4);;;(H2,1,2,3,4);(H2,1,2,3)/q;2*+1;;/p-2. The summed E-state index contributed by atoms with van der Waals surface area (Å²) in [5.74, 6) is -0.833. The monoisotopic (exact) mass is 300 g/mol. The van der Waals surface area contributed by atoms with E-state index in [1.807, 2.05) is 0 Å². The van der Waals surface area contributed by atoms with Gasteiger partial charge in [0.05, 0.1) is 0 Å².